The van der Waals surface area contributed by atoms with E-state index >= 15 is 0 Å². The molecule has 1 heterocycles. The third-order valence-corrected chi connectivity index (χ3v) is 7.93. The summed E-state index contributed by atoms with van der Waals surface area (Å²) in [4.78, 5) is 27.3. The quantitative estimate of drug-likeness (QED) is 0.314. The Hall–Kier alpha value is -3.51. The first-order valence-electron chi connectivity index (χ1n) is 13.6. The zero-order valence-corrected chi connectivity index (χ0v) is 22.0. The minimum atomic E-state index is -0.756. The number of benzene rings is 3. The molecule has 1 amide bonds. The van der Waals surface area contributed by atoms with Crippen LogP contribution in [0.25, 0.3) is 11.1 Å². The number of likely N-dealkylation sites (tertiary alicyclic amines) is 1. The Kier molecular flexibility index (Phi) is 9.29. The highest BCUT2D eigenvalue weighted by molar-refractivity contribution is 6.01. The molecule has 38 heavy (non-hydrogen) atoms. The van der Waals surface area contributed by atoms with Gasteiger partial charge in [0.2, 0.25) is 0 Å². The lowest BCUT2D eigenvalue weighted by Crippen LogP contribution is -2.45. The van der Waals surface area contributed by atoms with Gasteiger partial charge in [0.05, 0.1) is 6.42 Å². The molecule has 1 atom stereocenters. The molecule has 200 valence electrons. The Bertz CT molecular complexity index is 1210. The van der Waals surface area contributed by atoms with Gasteiger partial charge in [-0.1, -0.05) is 67.6 Å². The van der Waals surface area contributed by atoms with Crippen LogP contribution in [0.3, 0.4) is 0 Å². The van der Waals surface area contributed by atoms with E-state index in [0.29, 0.717) is 5.56 Å². The van der Waals surface area contributed by atoms with Gasteiger partial charge in [0.25, 0.3) is 5.91 Å². The molecule has 2 N–H and O–H groups in total. The highest BCUT2D eigenvalue weighted by Crippen LogP contribution is 2.36. The van der Waals surface area contributed by atoms with Crippen molar-refractivity contribution in [3.05, 3.63) is 95.8 Å². The van der Waals surface area contributed by atoms with E-state index in [1.165, 1.54) is 12.1 Å². The Morgan fingerprint density at radius 1 is 0.974 bits per heavy atom. The van der Waals surface area contributed by atoms with Gasteiger partial charge in [0.1, 0.15) is 5.82 Å². The molecule has 1 saturated heterocycles. The Morgan fingerprint density at radius 2 is 1.63 bits per heavy atom. The number of piperidine rings is 1. The fourth-order valence-electron chi connectivity index (χ4n) is 5.69. The third-order valence-electron chi connectivity index (χ3n) is 7.93. The molecule has 0 saturated carbocycles. The third kappa shape index (κ3) is 6.87. The average Bonchev–Trinajstić information content (AvgIpc) is 2.94. The van der Waals surface area contributed by atoms with Crippen molar-refractivity contribution in [2.45, 2.75) is 56.9 Å². The topological polar surface area (TPSA) is 69.6 Å². The number of carbonyl (C=O) groups is 2. The largest absolute Gasteiger partial charge is 0.481 e. The fourth-order valence-corrected chi connectivity index (χ4v) is 5.69. The summed E-state index contributed by atoms with van der Waals surface area (Å²) in [7, 11) is 0. The predicted molar refractivity (Wildman–Crippen MR) is 149 cm³/mol. The lowest BCUT2D eigenvalue weighted by molar-refractivity contribution is -0.138. The van der Waals surface area contributed by atoms with Crippen molar-refractivity contribution >= 4 is 11.9 Å². The van der Waals surface area contributed by atoms with Gasteiger partial charge >= 0.3 is 5.97 Å². The first kappa shape index (κ1) is 27.5. The van der Waals surface area contributed by atoms with Crippen molar-refractivity contribution in [2.24, 2.45) is 0 Å². The van der Waals surface area contributed by atoms with Crippen LogP contribution in [0, 0.1) is 5.82 Å². The number of halogens is 1. The summed E-state index contributed by atoms with van der Waals surface area (Å²) in [5, 5.41) is 12.8. The van der Waals surface area contributed by atoms with Crippen molar-refractivity contribution < 1.29 is 19.1 Å². The lowest BCUT2D eigenvalue weighted by Gasteiger charge is -2.35. The minimum absolute atomic E-state index is 0.103. The van der Waals surface area contributed by atoms with Gasteiger partial charge < -0.3 is 15.3 Å². The number of nitrogens with zero attached hydrogens (tertiary/aromatic N) is 1. The second-order valence-electron chi connectivity index (χ2n) is 10.3. The Labute approximate surface area is 224 Å². The molecular weight excluding hydrogens is 479 g/mol. The molecule has 3 aromatic rings. The fraction of sp³-hybridized carbons (Fsp3) is 0.375. The summed E-state index contributed by atoms with van der Waals surface area (Å²) < 4.78 is 13.4. The smallest absolute Gasteiger partial charge is 0.304 e. The SMILES string of the molecule is CCC(CCCN1CCC(NC(=O)c2ccccc2-c2ccc(F)cc2)CC1)(CC(=O)O)c1ccccc1. The van der Waals surface area contributed by atoms with E-state index in [-0.39, 0.29) is 29.6 Å². The monoisotopic (exact) mass is 516 g/mol. The Balaban J connectivity index is 1.30. The molecule has 0 aliphatic carbocycles. The molecular formula is C32H37FN2O3. The van der Waals surface area contributed by atoms with Crippen LogP contribution < -0.4 is 5.32 Å². The maximum atomic E-state index is 13.4. The lowest BCUT2D eigenvalue weighted by atomic mass is 9.72. The van der Waals surface area contributed by atoms with Crippen LogP contribution in [-0.2, 0) is 10.2 Å². The summed E-state index contributed by atoms with van der Waals surface area (Å²) in [6.07, 6.45) is 4.43. The van der Waals surface area contributed by atoms with Crippen LogP contribution in [0.1, 0.15) is 61.4 Å². The number of amides is 1. The molecule has 5 nitrogen and oxygen atoms in total. The number of nitrogens with one attached hydrogen (secondary N) is 1. The van der Waals surface area contributed by atoms with E-state index in [1.807, 2.05) is 42.5 Å². The molecule has 1 fully saturated rings. The minimum Gasteiger partial charge on any atom is -0.481 e. The van der Waals surface area contributed by atoms with Gasteiger partial charge in [0, 0.05) is 30.1 Å². The second-order valence-corrected chi connectivity index (χ2v) is 10.3. The molecule has 0 aromatic heterocycles. The van der Waals surface area contributed by atoms with Gasteiger partial charge in [-0.05, 0) is 73.5 Å². The number of hydrogen-bond donors (Lipinski definition) is 2. The van der Waals surface area contributed by atoms with Gasteiger partial charge in [-0.2, -0.15) is 0 Å². The van der Waals surface area contributed by atoms with Crippen LogP contribution in [0.5, 0.6) is 0 Å². The van der Waals surface area contributed by atoms with E-state index in [0.717, 1.165) is 68.4 Å². The first-order valence-corrected chi connectivity index (χ1v) is 13.6. The molecule has 0 bridgehead atoms. The molecule has 4 rings (SSSR count). The molecule has 0 radical (unpaired) electrons. The Morgan fingerprint density at radius 3 is 2.29 bits per heavy atom. The van der Waals surface area contributed by atoms with Crippen LogP contribution in [0.4, 0.5) is 4.39 Å². The molecule has 1 aliphatic heterocycles. The van der Waals surface area contributed by atoms with Crippen LogP contribution >= 0.6 is 0 Å². The predicted octanol–water partition coefficient (Wildman–Crippen LogP) is 6.29. The zero-order valence-electron chi connectivity index (χ0n) is 22.0. The number of aliphatic carboxylic acids is 1. The molecule has 0 spiro atoms. The van der Waals surface area contributed by atoms with Gasteiger partial charge in [0.15, 0.2) is 0 Å². The van der Waals surface area contributed by atoms with Crippen molar-refractivity contribution in [1.82, 2.24) is 10.2 Å². The van der Waals surface area contributed by atoms with Gasteiger partial charge in [-0.3, -0.25) is 9.59 Å². The van der Waals surface area contributed by atoms with Gasteiger partial charge in [-0.25, -0.2) is 4.39 Å². The molecule has 6 heteroatoms. The zero-order chi connectivity index (χ0) is 27.0. The number of rotatable bonds is 11. The summed E-state index contributed by atoms with van der Waals surface area (Å²) in [5.41, 5.74) is 2.95. The first-order chi connectivity index (χ1) is 18.4. The van der Waals surface area contributed by atoms with Crippen LogP contribution in [0.2, 0.25) is 0 Å². The number of carbonyl (C=O) groups excluding carboxylic acids is 1. The standard InChI is InChI=1S/C32H37FN2O3/c1-2-32(23-30(36)37,25-9-4-3-5-10-25)19-8-20-35-21-17-27(18-22-35)34-31(38)29-12-7-6-11-28(29)24-13-15-26(33)16-14-24/h3-7,9-16,27H,2,8,17-23H2,1H3,(H,34,38)(H,36,37). The number of carboxylic acid groups (broad SMARTS) is 1. The van der Waals surface area contributed by atoms with Crippen molar-refractivity contribution in [3.8, 4) is 11.1 Å². The van der Waals surface area contributed by atoms with Crippen molar-refractivity contribution in [2.75, 3.05) is 19.6 Å². The number of hydrogen-bond acceptors (Lipinski definition) is 3. The average molecular weight is 517 g/mol. The van der Waals surface area contributed by atoms with E-state index in [1.54, 1.807) is 12.1 Å². The summed E-state index contributed by atoms with van der Waals surface area (Å²) in [5.74, 6) is -1.16. The molecule has 1 unspecified atom stereocenters. The van der Waals surface area contributed by atoms with E-state index in [4.69, 9.17) is 0 Å². The second kappa shape index (κ2) is 12.8. The van der Waals surface area contributed by atoms with E-state index in [2.05, 4.69) is 29.3 Å². The highest BCUT2D eigenvalue weighted by atomic mass is 19.1. The summed E-state index contributed by atoms with van der Waals surface area (Å²) >= 11 is 0. The molecule has 3 aromatic carbocycles. The van der Waals surface area contributed by atoms with Crippen molar-refractivity contribution in [3.63, 3.8) is 0 Å². The van der Waals surface area contributed by atoms with Crippen LogP contribution in [-0.4, -0.2) is 47.6 Å². The normalized spacial score (nSPS) is 16.1. The summed E-state index contributed by atoms with van der Waals surface area (Å²) in [6.45, 7) is 4.79. The maximum Gasteiger partial charge on any atom is 0.304 e. The summed E-state index contributed by atoms with van der Waals surface area (Å²) in [6, 6.07) is 23.8. The van der Waals surface area contributed by atoms with E-state index < -0.39 is 5.97 Å². The maximum absolute atomic E-state index is 13.4. The molecule has 1 aliphatic rings. The van der Waals surface area contributed by atoms with Crippen LogP contribution in [0.15, 0.2) is 78.9 Å². The number of carboxylic acids is 1. The van der Waals surface area contributed by atoms with Gasteiger partial charge in [-0.15, -0.1) is 0 Å². The van der Waals surface area contributed by atoms with Crippen molar-refractivity contribution in [1.29, 1.82) is 0 Å². The highest BCUT2D eigenvalue weighted by Gasteiger charge is 2.33. The van der Waals surface area contributed by atoms with E-state index in [9.17, 15) is 19.1 Å².